The van der Waals surface area contributed by atoms with Crippen LogP contribution in [0.3, 0.4) is 0 Å². The number of hydrogen-bond donors (Lipinski definition) is 2. The second-order valence-electron chi connectivity index (χ2n) is 11.4. The third-order valence-electron chi connectivity index (χ3n) is 7.19. The van der Waals surface area contributed by atoms with Crippen LogP contribution in [0.15, 0.2) is 34.3 Å². The van der Waals surface area contributed by atoms with E-state index >= 15 is 0 Å². The molecule has 0 aromatic heterocycles. The van der Waals surface area contributed by atoms with Crippen LogP contribution < -0.4 is 10.2 Å². The first-order valence-corrected chi connectivity index (χ1v) is 16.1. The number of rotatable bonds is 12. The number of phenols is 2. The smallest absolute Gasteiger partial charge is 0.550 e. The Labute approximate surface area is 280 Å². The fourth-order valence-corrected chi connectivity index (χ4v) is 5.29. The van der Waals surface area contributed by atoms with Gasteiger partial charge in [-0.2, -0.15) is 0 Å². The fourth-order valence-electron chi connectivity index (χ4n) is 5.29. The Kier molecular flexibility index (Phi) is 21.6. The van der Waals surface area contributed by atoms with Crippen LogP contribution in [0, 0.1) is 0 Å². The number of aliphatic carboxylic acids is 2. The summed E-state index contributed by atoms with van der Waals surface area (Å²) in [4.78, 5) is 27.5. The fraction of sp³-hybridized carbons (Fsp3) is 0.556. The summed E-state index contributed by atoms with van der Waals surface area (Å²) >= 11 is 0. The van der Waals surface area contributed by atoms with E-state index in [1.54, 1.807) is 0 Å². The summed E-state index contributed by atoms with van der Waals surface area (Å²) in [5, 5.41) is 39.3. The molecular formula is C36H52CoN2O6. The molecule has 0 amide bonds. The van der Waals surface area contributed by atoms with Crippen LogP contribution in [0.4, 0.5) is 0 Å². The van der Waals surface area contributed by atoms with Gasteiger partial charge in [-0.1, -0.05) is 65.5 Å². The molecule has 0 unspecified atom stereocenters. The van der Waals surface area contributed by atoms with Crippen LogP contribution in [0.1, 0.15) is 126 Å². The molecule has 0 bridgehead atoms. The predicted molar refractivity (Wildman–Crippen MR) is 175 cm³/mol. The van der Waals surface area contributed by atoms with Gasteiger partial charge in [0.1, 0.15) is 11.5 Å². The molecule has 1 aliphatic carbocycles. The number of carboxylic acid groups (broad SMARTS) is 2. The van der Waals surface area contributed by atoms with Crippen LogP contribution in [0.5, 0.6) is 11.5 Å². The van der Waals surface area contributed by atoms with E-state index in [0.29, 0.717) is 11.5 Å². The quantitative estimate of drug-likeness (QED) is 0.295. The molecule has 1 radical (unpaired) electrons. The van der Waals surface area contributed by atoms with Crippen molar-refractivity contribution in [2.45, 2.75) is 131 Å². The second-order valence-corrected chi connectivity index (χ2v) is 11.4. The van der Waals surface area contributed by atoms with Crippen LogP contribution in [-0.4, -0.2) is 46.7 Å². The normalized spacial score (nSPS) is 15.9. The van der Waals surface area contributed by atoms with Crippen molar-refractivity contribution >= 4 is 24.4 Å². The number of carboxylic acids is 2. The van der Waals surface area contributed by atoms with Crippen molar-refractivity contribution in [2.24, 2.45) is 9.98 Å². The molecule has 251 valence electrons. The molecule has 3 rings (SSSR count). The van der Waals surface area contributed by atoms with Gasteiger partial charge in [-0.3, -0.25) is 9.98 Å². The standard InChI is InChI=1S/C32H46N2O2.2C2H4O2.Co/c1-5-9-23-17-25(11-7-3)31(35)27(19-23)21-33-29-13-15-30(16-14-29)34-22-28-20-24(10-6-2)18-26(12-8-4)32(28)36;2*1-2(3)4;/h17-22,29-30,35-36H,5-16H2,1-4H3;2*1H3,(H,3,4);/q;;;+2/p-2. The van der Waals surface area contributed by atoms with Gasteiger partial charge in [0, 0.05) is 35.5 Å². The second kappa shape index (κ2) is 23.2. The summed E-state index contributed by atoms with van der Waals surface area (Å²) in [7, 11) is 0. The van der Waals surface area contributed by atoms with E-state index < -0.39 is 11.9 Å². The SMILES string of the molecule is CC(=O)[O-].CC(=O)[O-].CCCc1cc(C=NC2CCC(N=Cc3cc(CCC)cc(CCC)c3O)CC2)c(O)c(CCC)c1.[Co+2]. The van der Waals surface area contributed by atoms with E-state index in [2.05, 4.69) is 52.0 Å². The first-order chi connectivity index (χ1) is 20.9. The number of carbonyl (C=O) groups excluding carboxylic acids is 2. The molecule has 0 atom stereocenters. The Balaban J connectivity index is 0.00000192. The molecule has 0 spiro atoms. The van der Waals surface area contributed by atoms with Gasteiger partial charge in [0.25, 0.3) is 0 Å². The van der Waals surface area contributed by atoms with Crippen molar-refractivity contribution in [1.29, 1.82) is 0 Å². The van der Waals surface area contributed by atoms with Gasteiger partial charge in [0.2, 0.25) is 0 Å². The zero-order chi connectivity index (χ0) is 33.1. The third kappa shape index (κ3) is 16.6. The predicted octanol–water partition coefficient (Wildman–Crippen LogP) is 5.27. The monoisotopic (exact) mass is 667 g/mol. The number of phenolic OH excluding ortho intramolecular Hbond substituents is 2. The largest absolute Gasteiger partial charge is 2.00 e. The number of aliphatic imine (C=N–C) groups is 2. The molecule has 1 saturated carbocycles. The van der Waals surface area contributed by atoms with E-state index in [9.17, 15) is 10.2 Å². The average molecular weight is 668 g/mol. The zero-order valence-corrected chi connectivity index (χ0v) is 28.9. The van der Waals surface area contributed by atoms with E-state index in [0.717, 1.165) is 113 Å². The zero-order valence-electron chi connectivity index (χ0n) is 27.9. The van der Waals surface area contributed by atoms with Gasteiger partial charge in [-0.15, -0.1) is 0 Å². The Morgan fingerprint density at radius 2 is 0.956 bits per heavy atom. The van der Waals surface area contributed by atoms with E-state index in [1.807, 2.05) is 12.4 Å². The Morgan fingerprint density at radius 3 is 1.22 bits per heavy atom. The van der Waals surface area contributed by atoms with Gasteiger partial charge in [-0.25, -0.2) is 0 Å². The molecule has 8 nitrogen and oxygen atoms in total. The van der Waals surface area contributed by atoms with Gasteiger partial charge < -0.3 is 30.0 Å². The Hall–Kier alpha value is -3.17. The maximum atomic E-state index is 10.8. The maximum Gasteiger partial charge on any atom is 2.00 e. The third-order valence-corrected chi connectivity index (χ3v) is 7.19. The number of carbonyl (C=O) groups is 2. The van der Waals surface area contributed by atoms with Crippen LogP contribution >= 0.6 is 0 Å². The Morgan fingerprint density at radius 1 is 0.667 bits per heavy atom. The van der Waals surface area contributed by atoms with Crippen LogP contribution in [0.2, 0.25) is 0 Å². The molecule has 1 fully saturated rings. The molecule has 9 heteroatoms. The van der Waals surface area contributed by atoms with Crippen LogP contribution in [0.25, 0.3) is 0 Å². The summed E-state index contributed by atoms with van der Waals surface area (Å²) in [5.41, 5.74) is 6.36. The minimum Gasteiger partial charge on any atom is -0.550 e. The van der Waals surface area contributed by atoms with Crippen molar-refractivity contribution in [1.82, 2.24) is 0 Å². The minimum atomic E-state index is -1.08. The van der Waals surface area contributed by atoms with E-state index in [1.165, 1.54) is 11.1 Å². The number of aromatic hydroxyl groups is 2. The van der Waals surface area contributed by atoms with Gasteiger partial charge >= 0.3 is 16.8 Å². The molecule has 2 aromatic rings. The summed E-state index contributed by atoms with van der Waals surface area (Å²) in [5.74, 6) is -1.38. The summed E-state index contributed by atoms with van der Waals surface area (Å²) in [6.07, 6.45) is 15.9. The summed E-state index contributed by atoms with van der Waals surface area (Å²) in [6, 6.07) is 9.07. The molecule has 0 aliphatic heterocycles. The van der Waals surface area contributed by atoms with Crippen molar-refractivity contribution in [2.75, 3.05) is 0 Å². The molecule has 2 aromatic carbocycles. The minimum absolute atomic E-state index is 0. The Bertz CT molecular complexity index is 1130. The average Bonchev–Trinajstić information content (AvgIpc) is 2.95. The molecule has 2 N–H and O–H groups in total. The van der Waals surface area contributed by atoms with Crippen molar-refractivity contribution in [3.63, 3.8) is 0 Å². The number of benzene rings is 2. The van der Waals surface area contributed by atoms with Crippen molar-refractivity contribution in [3.8, 4) is 11.5 Å². The van der Waals surface area contributed by atoms with Crippen molar-refractivity contribution in [3.05, 3.63) is 57.6 Å². The topological polar surface area (TPSA) is 145 Å². The molecule has 0 saturated heterocycles. The summed E-state index contributed by atoms with van der Waals surface area (Å²) < 4.78 is 0. The number of hydrogen-bond acceptors (Lipinski definition) is 8. The van der Waals surface area contributed by atoms with E-state index in [-0.39, 0.29) is 28.9 Å². The molecule has 45 heavy (non-hydrogen) atoms. The van der Waals surface area contributed by atoms with Gasteiger partial charge in [0.05, 0.1) is 12.1 Å². The molecular weight excluding hydrogens is 615 g/mol. The molecule has 1 aliphatic rings. The maximum absolute atomic E-state index is 10.8. The molecule has 0 heterocycles. The number of aryl methyl sites for hydroxylation is 4. The van der Waals surface area contributed by atoms with Gasteiger partial charge in [0.15, 0.2) is 0 Å². The van der Waals surface area contributed by atoms with Crippen molar-refractivity contribution < 1.29 is 46.8 Å². The van der Waals surface area contributed by atoms with Crippen LogP contribution in [-0.2, 0) is 52.1 Å². The van der Waals surface area contributed by atoms with Gasteiger partial charge in [-0.05, 0) is 99.6 Å². The summed E-state index contributed by atoms with van der Waals surface area (Å²) in [6.45, 7) is 10.6. The first kappa shape index (κ1) is 41.8. The first-order valence-electron chi connectivity index (χ1n) is 16.1. The number of nitrogens with zero attached hydrogens (tertiary/aromatic N) is 2. The van der Waals surface area contributed by atoms with E-state index in [4.69, 9.17) is 29.8 Å².